The first-order valence-corrected chi connectivity index (χ1v) is 9.28. The summed E-state index contributed by atoms with van der Waals surface area (Å²) in [7, 11) is 1.43. The van der Waals surface area contributed by atoms with Crippen molar-refractivity contribution in [3.63, 3.8) is 0 Å². The number of ether oxygens (including phenoxy) is 3. The molecule has 0 amide bonds. The van der Waals surface area contributed by atoms with Gasteiger partial charge in [0.25, 0.3) is 0 Å². The molecule has 1 unspecified atom stereocenters. The molecule has 1 N–H and O–H groups in total. The Morgan fingerprint density at radius 3 is 2.61 bits per heavy atom. The number of morpholine rings is 1. The lowest BCUT2D eigenvalue weighted by atomic mass is 10.1. The maximum atomic E-state index is 12.8. The molecule has 0 aliphatic carbocycles. The molecule has 3 rings (SSSR count). The minimum Gasteiger partial charge on any atom is -0.493 e. The molecule has 1 saturated heterocycles. The third-order valence-electron chi connectivity index (χ3n) is 4.72. The highest BCUT2D eigenvalue weighted by Crippen LogP contribution is 2.32. The van der Waals surface area contributed by atoms with Crippen LogP contribution in [0.15, 0.2) is 34.7 Å². The van der Waals surface area contributed by atoms with Crippen molar-refractivity contribution in [3.8, 4) is 11.5 Å². The standard InChI is InChI=1S/C20H26F2N2O4/c1-14-6-7-17(27-14)16(24-8-10-26-11-9-24)13-23-12-15-4-3-5-18(25-2)19(15)28-20(21)22/h3-7,16,20,23H,8-13H2,1-2H3. The molecule has 1 fully saturated rings. The van der Waals surface area contributed by atoms with E-state index in [4.69, 9.17) is 13.9 Å². The van der Waals surface area contributed by atoms with Gasteiger partial charge in [0.05, 0.1) is 26.4 Å². The molecule has 1 aliphatic rings. The van der Waals surface area contributed by atoms with Crippen LogP contribution in [0.4, 0.5) is 8.78 Å². The Morgan fingerprint density at radius 1 is 1.18 bits per heavy atom. The third-order valence-corrected chi connectivity index (χ3v) is 4.72. The normalized spacial score (nSPS) is 16.3. The Labute approximate surface area is 163 Å². The molecule has 28 heavy (non-hydrogen) atoms. The molecule has 2 aromatic rings. The van der Waals surface area contributed by atoms with Crippen molar-refractivity contribution in [3.05, 3.63) is 47.4 Å². The highest BCUT2D eigenvalue weighted by atomic mass is 19.3. The Balaban J connectivity index is 1.70. The predicted octanol–water partition coefficient (Wildman–Crippen LogP) is 3.36. The molecule has 2 heterocycles. The molecule has 1 atom stereocenters. The number of aryl methyl sites for hydroxylation is 1. The van der Waals surface area contributed by atoms with Gasteiger partial charge in [-0.3, -0.25) is 4.90 Å². The number of nitrogens with zero attached hydrogens (tertiary/aromatic N) is 1. The third kappa shape index (κ3) is 5.21. The van der Waals surface area contributed by atoms with Crippen LogP contribution in [0.1, 0.15) is 23.1 Å². The summed E-state index contributed by atoms with van der Waals surface area (Å²) in [6.45, 7) is 2.94. The second kappa shape index (κ2) is 9.86. The smallest absolute Gasteiger partial charge is 0.387 e. The van der Waals surface area contributed by atoms with Crippen LogP contribution in [-0.2, 0) is 11.3 Å². The van der Waals surface area contributed by atoms with E-state index < -0.39 is 6.61 Å². The minimum absolute atomic E-state index is 0.0303. The van der Waals surface area contributed by atoms with E-state index in [0.717, 1.165) is 24.6 Å². The molecular formula is C20H26F2N2O4. The second-order valence-electron chi connectivity index (χ2n) is 6.57. The van der Waals surface area contributed by atoms with Gasteiger partial charge < -0.3 is 23.9 Å². The monoisotopic (exact) mass is 396 g/mol. The average Bonchev–Trinajstić information content (AvgIpc) is 3.12. The van der Waals surface area contributed by atoms with Crippen LogP contribution >= 0.6 is 0 Å². The Hall–Kier alpha value is -2.16. The van der Waals surface area contributed by atoms with Crippen molar-refractivity contribution >= 4 is 0 Å². The van der Waals surface area contributed by atoms with Crippen LogP contribution in [0.2, 0.25) is 0 Å². The van der Waals surface area contributed by atoms with Crippen LogP contribution in [0, 0.1) is 6.92 Å². The highest BCUT2D eigenvalue weighted by Gasteiger charge is 2.25. The number of para-hydroxylation sites is 1. The van der Waals surface area contributed by atoms with Crippen molar-refractivity contribution in [1.82, 2.24) is 10.2 Å². The van der Waals surface area contributed by atoms with Crippen molar-refractivity contribution in [2.75, 3.05) is 40.0 Å². The molecule has 0 saturated carbocycles. The van der Waals surface area contributed by atoms with Gasteiger partial charge in [0.15, 0.2) is 11.5 Å². The van der Waals surface area contributed by atoms with Gasteiger partial charge in [-0.2, -0.15) is 8.78 Å². The Kier molecular flexibility index (Phi) is 7.24. The van der Waals surface area contributed by atoms with Crippen molar-refractivity contribution < 1.29 is 27.4 Å². The van der Waals surface area contributed by atoms with Gasteiger partial charge in [0.2, 0.25) is 0 Å². The second-order valence-corrected chi connectivity index (χ2v) is 6.57. The van der Waals surface area contributed by atoms with Gasteiger partial charge in [0.1, 0.15) is 11.5 Å². The zero-order chi connectivity index (χ0) is 19.9. The summed E-state index contributed by atoms with van der Waals surface area (Å²) < 4.78 is 46.8. The molecule has 6 nitrogen and oxygen atoms in total. The van der Waals surface area contributed by atoms with Crippen LogP contribution in [0.5, 0.6) is 11.5 Å². The van der Waals surface area contributed by atoms with Gasteiger partial charge in [0, 0.05) is 31.7 Å². The molecule has 0 spiro atoms. The van der Waals surface area contributed by atoms with Crippen LogP contribution < -0.4 is 14.8 Å². The average molecular weight is 396 g/mol. The number of methoxy groups -OCH3 is 1. The van der Waals surface area contributed by atoms with Gasteiger partial charge in [-0.1, -0.05) is 12.1 Å². The number of hydrogen-bond acceptors (Lipinski definition) is 6. The van der Waals surface area contributed by atoms with Crippen molar-refractivity contribution in [2.45, 2.75) is 26.1 Å². The maximum Gasteiger partial charge on any atom is 0.387 e. The number of halogens is 2. The van der Waals surface area contributed by atoms with Crippen LogP contribution in [-0.4, -0.2) is 51.5 Å². The van der Waals surface area contributed by atoms with E-state index in [1.165, 1.54) is 7.11 Å². The van der Waals surface area contributed by atoms with E-state index in [1.807, 2.05) is 19.1 Å². The molecular weight excluding hydrogens is 370 g/mol. The summed E-state index contributed by atoms with van der Waals surface area (Å²) in [6, 6.07) is 9.05. The molecule has 8 heteroatoms. The fourth-order valence-electron chi connectivity index (χ4n) is 3.36. The lowest BCUT2D eigenvalue weighted by Gasteiger charge is -2.33. The lowest BCUT2D eigenvalue weighted by molar-refractivity contribution is -0.0518. The first-order chi connectivity index (χ1) is 13.6. The van der Waals surface area contributed by atoms with E-state index in [-0.39, 0.29) is 17.5 Å². The van der Waals surface area contributed by atoms with Crippen molar-refractivity contribution in [2.24, 2.45) is 0 Å². The van der Waals surface area contributed by atoms with E-state index in [2.05, 4.69) is 15.0 Å². The van der Waals surface area contributed by atoms with Crippen LogP contribution in [0.3, 0.4) is 0 Å². The fourth-order valence-corrected chi connectivity index (χ4v) is 3.36. The number of nitrogens with one attached hydrogen (secondary N) is 1. The summed E-state index contributed by atoms with van der Waals surface area (Å²) >= 11 is 0. The lowest BCUT2D eigenvalue weighted by Crippen LogP contribution is -2.42. The first-order valence-electron chi connectivity index (χ1n) is 9.28. The first kappa shape index (κ1) is 20.6. The topological polar surface area (TPSA) is 56.1 Å². The molecule has 0 radical (unpaired) electrons. The zero-order valence-electron chi connectivity index (χ0n) is 16.1. The van der Waals surface area contributed by atoms with E-state index in [1.54, 1.807) is 18.2 Å². The fraction of sp³-hybridized carbons (Fsp3) is 0.500. The van der Waals surface area contributed by atoms with E-state index in [9.17, 15) is 8.78 Å². The summed E-state index contributed by atoms with van der Waals surface area (Å²) in [5, 5.41) is 3.35. The van der Waals surface area contributed by atoms with E-state index in [0.29, 0.717) is 31.9 Å². The predicted molar refractivity (Wildman–Crippen MR) is 99.9 cm³/mol. The number of benzene rings is 1. The molecule has 0 bridgehead atoms. The number of alkyl halides is 2. The number of hydrogen-bond donors (Lipinski definition) is 1. The largest absolute Gasteiger partial charge is 0.493 e. The summed E-state index contributed by atoms with van der Waals surface area (Å²) in [5.41, 5.74) is 0.607. The quantitative estimate of drug-likeness (QED) is 0.702. The van der Waals surface area contributed by atoms with Gasteiger partial charge >= 0.3 is 6.61 Å². The summed E-state index contributed by atoms with van der Waals surface area (Å²) in [4.78, 5) is 2.30. The van der Waals surface area contributed by atoms with Crippen LogP contribution in [0.25, 0.3) is 0 Å². The maximum absolute atomic E-state index is 12.8. The summed E-state index contributed by atoms with van der Waals surface area (Å²) in [5.74, 6) is 2.07. The molecule has 1 aromatic carbocycles. The number of furan rings is 1. The van der Waals surface area contributed by atoms with Gasteiger partial charge in [-0.25, -0.2) is 0 Å². The SMILES string of the molecule is COc1cccc(CNCC(c2ccc(C)o2)N2CCOCC2)c1OC(F)F. The molecule has 1 aromatic heterocycles. The molecule has 154 valence electrons. The minimum atomic E-state index is -2.91. The Bertz CT molecular complexity index is 748. The van der Waals surface area contributed by atoms with Gasteiger partial charge in [-0.15, -0.1) is 0 Å². The van der Waals surface area contributed by atoms with E-state index >= 15 is 0 Å². The van der Waals surface area contributed by atoms with Gasteiger partial charge in [-0.05, 0) is 25.1 Å². The summed E-state index contributed by atoms with van der Waals surface area (Å²) in [6.07, 6.45) is 0. The zero-order valence-corrected chi connectivity index (χ0v) is 16.1. The highest BCUT2D eigenvalue weighted by molar-refractivity contribution is 5.46. The molecule has 1 aliphatic heterocycles. The Morgan fingerprint density at radius 2 is 1.96 bits per heavy atom. The number of rotatable bonds is 9. The van der Waals surface area contributed by atoms with Crippen molar-refractivity contribution in [1.29, 1.82) is 0 Å².